The van der Waals surface area contributed by atoms with Gasteiger partial charge in [-0.3, -0.25) is 0 Å². The van der Waals surface area contributed by atoms with Crippen LogP contribution < -0.4 is 0 Å². The van der Waals surface area contributed by atoms with Gasteiger partial charge in [-0.25, -0.2) is 9.97 Å². The quantitative estimate of drug-likeness (QED) is 0.663. The molecular weight excluding hydrogens is 180 g/mol. The minimum atomic E-state index is 0.00334. The van der Waals surface area contributed by atoms with E-state index in [1.165, 1.54) is 6.33 Å². The Morgan fingerprint density at radius 2 is 2.33 bits per heavy atom. The lowest BCUT2D eigenvalue weighted by atomic mass is 10.4. The molecule has 0 N–H and O–H groups in total. The second-order valence-electron chi connectivity index (χ2n) is 1.97. The predicted molar refractivity (Wildman–Crippen MR) is 40.3 cm³/mol. The Bertz CT molecular complexity index is 374. The van der Waals surface area contributed by atoms with Crippen LogP contribution in [-0.2, 0) is 0 Å². The van der Waals surface area contributed by atoms with E-state index in [9.17, 15) is 0 Å². The number of aromatic nitrogens is 4. The minimum absolute atomic E-state index is 0.00334. The minimum Gasteiger partial charge on any atom is -0.321 e. The van der Waals surface area contributed by atoms with Crippen molar-refractivity contribution in [2.24, 2.45) is 0 Å². The molecule has 2 heterocycles. The van der Waals surface area contributed by atoms with Crippen LogP contribution in [0.2, 0.25) is 5.35 Å². The maximum atomic E-state index is 5.43. The zero-order valence-corrected chi connectivity index (χ0v) is 6.56. The molecular formula is C6H3ClN4O. The first-order chi connectivity index (χ1) is 5.86. The first-order valence-electron chi connectivity index (χ1n) is 3.12. The van der Waals surface area contributed by atoms with Crippen molar-refractivity contribution in [2.75, 3.05) is 0 Å². The highest BCUT2D eigenvalue weighted by atomic mass is 35.5. The molecule has 0 unspecified atom stereocenters. The molecule has 0 radical (unpaired) electrons. The zero-order valence-electron chi connectivity index (χ0n) is 5.81. The number of hydrogen-bond acceptors (Lipinski definition) is 5. The second kappa shape index (κ2) is 2.86. The second-order valence-corrected chi connectivity index (χ2v) is 2.29. The lowest BCUT2D eigenvalue weighted by Gasteiger charge is -1.87. The van der Waals surface area contributed by atoms with Crippen LogP contribution in [0.15, 0.2) is 23.1 Å². The molecule has 0 bridgehead atoms. The first kappa shape index (κ1) is 7.17. The third-order valence-electron chi connectivity index (χ3n) is 1.21. The fraction of sp³-hybridized carbons (Fsp3) is 0. The maximum Gasteiger partial charge on any atom is 0.320 e. The van der Waals surface area contributed by atoms with Crippen LogP contribution in [0.4, 0.5) is 0 Å². The van der Waals surface area contributed by atoms with Crippen LogP contribution in [-0.4, -0.2) is 20.1 Å². The van der Waals surface area contributed by atoms with Gasteiger partial charge in [-0.05, 0) is 17.7 Å². The molecule has 0 amide bonds. The van der Waals surface area contributed by atoms with Gasteiger partial charge in [0.2, 0.25) is 5.82 Å². The molecule has 6 heteroatoms. The molecule has 0 aliphatic rings. The van der Waals surface area contributed by atoms with Gasteiger partial charge in [0.15, 0.2) is 0 Å². The summed E-state index contributed by atoms with van der Waals surface area (Å²) < 4.78 is 4.56. The van der Waals surface area contributed by atoms with Crippen LogP contribution in [0, 0.1) is 0 Å². The van der Waals surface area contributed by atoms with Crippen LogP contribution >= 0.6 is 11.6 Å². The van der Waals surface area contributed by atoms with Gasteiger partial charge in [-0.1, -0.05) is 5.16 Å². The van der Waals surface area contributed by atoms with Gasteiger partial charge in [0, 0.05) is 6.20 Å². The molecule has 12 heavy (non-hydrogen) atoms. The average molecular weight is 183 g/mol. The summed E-state index contributed by atoms with van der Waals surface area (Å²) in [5, 5.41) is 3.58. The Labute approximate surface area is 72.4 Å². The van der Waals surface area contributed by atoms with Crippen molar-refractivity contribution in [3.63, 3.8) is 0 Å². The Kier molecular flexibility index (Phi) is 1.71. The van der Waals surface area contributed by atoms with E-state index in [0.717, 1.165) is 0 Å². The van der Waals surface area contributed by atoms with Crippen molar-refractivity contribution in [3.05, 3.63) is 23.9 Å². The predicted octanol–water partition coefficient (Wildman–Crippen LogP) is 1.18. The maximum absolute atomic E-state index is 5.43. The highest BCUT2D eigenvalue weighted by Crippen LogP contribution is 2.13. The standard InChI is InChI=1S/C6H3ClN4O/c7-6-10-5(11-12-6)4-1-2-8-3-9-4/h1-3H. The molecule has 0 spiro atoms. The summed E-state index contributed by atoms with van der Waals surface area (Å²) in [6.07, 6.45) is 2.99. The van der Waals surface area contributed by atoms with E-state index in [0.29, 0.717) is 11.5 Å². The Balaban J connectivity index is 2.45. The fourth-order valence-corrected chi connectivity index (χ4v) is 0.847. The van der Waals surface area contributed by atoms with E-state index >= 15 is 0 Å². The van der Waals surface area contributed by atoms with Crippen molar-refractivity contribution in [2.45, 2.75) is 0 Å². The van der Waals surface area contributed by atoms with Crippen molar-refractivity contribution in [3.8, 4) is 11.5 Å². The average Bonchev–Trinajstić information content (AvgIpc) is 2.54. The zero-order chi connectivity index (χ0) is 8.39. The van der Waals surface area contributed by atoms with E-state index in [1.807, 2.05) is 0 Å². The molecule has 0 fully saturated rings. The largest absolute Gasteiger partial charge is 0.321 e. The van der Waals surface area contributed by atoms with Gasteiger partial charge in [0.25, 0.3) is 0 Å². The SMILES string of the molecule is Clc1nc(-c2ccncn2)no1. The highest BCUT2D eigenvalue weighted by Gasteiger charge is 2.06. The third-order valence-corrected chi connectivity index (χ3v) is 1.37. The molecule has 0 atom stereocenters. The van der Waals surface area contributed by atoms with E-state index in [4.69, 9.17) is 11.6 Å². The normalized spacial score (nSPS) is 10.1. The summed E-state index contributed by atoms with van der Waals surface area (Å²) in [5.74, 6) is 0.363. The van der Waals surface area contributed by atoms with Gasteiger partial charge < -0.3 is 4.52 Å². The molecule has 0 saturated carbocycles. The van der Waals surface area contributed by atoms with E-state index in [2.05, 4.69) is 24.6 Å². The van der Waals surface area contributed by atoms with Gasteiger partial charge in [0.1, 0.15) is 12.0 Å². The van der Waals surface area contributed by atoms with Crippen molar-refractivity contribution >= 4 is 11.6 Å². The summed E-state index contributed by atoms with van der Waals surface area (Å²) in [7, 11) is 0. The third kappa shape index (κ3) is 1.26. The number of halogens is 1. The highest BCUT2D eigenvalue weighted by molar-refractivity contribution is 6.27. The van der Waals surface area contributed by atoms with Crippen LogP contribution in [0.5, 0.6) is 0 Å². The molecule has 60 valence electrons. The van der Waals surface area contributed by atoms with E-state index in [-0.39, 0.29) is 5.35 Å². The lowest BCUT2D eigenvalue weighted by Crippen LogP contribution is -1.84. The summed E-state index contributed by atoms with van der Waals surface area (Å²) in [5.41, 5.74) is 0.584. The van der Waals surface area contributed by atoms with E-state index in [1.54, 1.807) is 12.3 Å². The van der Waals surface area contributed by atoms with Gasteiger partial charge >= 0.3 is 5.35 Å². The molecule has 0 aliphatic heterocycles. The number of hydrogen-bond donors (Lipinski definition) is 0. The van der Waals surface area contributed by atoms with Gasteiger partial charge in [-0.2, -0.15) is 4.98 Å². The van der Waals surface area contributed by atoms with Gasteiger partial charge in [-0.15, -0.1) is 0 Å². The van der Waals surface area contributed by atoms with Crippen LogP contribution in [0.25, 0.3) is 11.5 Å². The smallest absolute Gasteiger partial charge is 0.320 e. The van der Waals surface area contributed by atoms with E-state index < -0.39 is 0 Å². The summed E-state index contributed by atoms with van der Waals surface area (Å²) >= 11 is 5.43. The fourth-order valence-electron chi connectivity index (χ4n) is 0.732. The first-order valence-corrected chi connectivity index (χ1v) is 3.49. The molecule has 2 aromatic heterocycles. The van der Waals surface area contributed by atoms with Crippen molar-refractivity contribution < 1.29 is 4.52 Å². The molecule has 0 saturated heterocycles. The van der Waals surface area contributed by atoms with Crippen LogP contribution in [0.3, 0.4) is 0 Å². The summed E-state index contributed by atoms with van der Waals surface area (Å²) in [6, 6.07) is 1.67. The topological polar surface area (TPSA) is 64.7 Å². The Hall–Kier alpha value is -1.49. The van der Waals surface area contributed by atoms with Crippen LogP contribution in [0.1, 0.15) is 0 Å². The molecule has 0 aliphatic carbocycles. The molecule has 5 nitrogen and oxygen atoms in total. The Morgan fingerprint density at radius 3 is 2.92 bits per heavy atom. The summed E-state index contributed by atoms with van der Waals surface area (Å²) in [6.45, 7) is 0. The molecule has 2 rings (SSSR count). The number of nitrogens with zero attached hydrogens (tertiary/aromatic N) is 4. The lowest BCUT2D eigenvalue weighted by molar-refractivity contribution is 0.420. The van der Waals surface area contributed by atoms with Crippen molar-refractivity contribution in [1.82, 2.24) is 20.1 Å². The monoisotopic (exact) mass is 182 g/mol. The Morgan fingerprint density at radius 1 is 1.42 bits per heavy atom. The number of rotatable bonds is 1. The van der Waals surface area contributed by atoms with Gasteiger partial charge in [0.05, 0.1) is 0 Å². The molecule has 0 aromatic carbocycles. The summed E-state index contributed by atoms with van der Waals surface area (Å²) in [4.78, 5) is 11.4. The van der Waals surface area contributed by atoms with Crippen molar-refractivity contribution in [1.29, 1.82) is 0 Å². The molecule has 2 aromatic rings.